The maximum Gasteiger partial charge on any atom is 0.408 e. The topological polar surface area (TPSA) is 108 Å². The zero-order valence-electron chi connectivity index (χ0n) is 19.9. The first-order valence-corrected chi connectivity index (χ1v) is 11.5. The molecule has 3 amide bonds. The number of alkyl carbamates (subject to hydrolysis) is 1. The van der Waals surface area contributed by atoms with Crippen LogP contribution in [0.3, 0.4) is 0 Å². The molecule has 0 saturated heterocycles. The van der Waals surface area contributed by atoms with E-state index < -0.39 is 17.7 Å². The van der Waals surface area contributed by atoms with Crippen molar-refractivity contribution in [3.63, 3.8) is 0 Å². The molecule has 3 rings (SSSR count). The standard InChI is InChI=1S/C26H33N3O5/c1-26(2,3)34-25(33)28-17-22(31)29(20-10-7-11-20)23(19-12-14-21(30)15-13-19)24(32)27-16-18-8-5-4-6-9-18/h4-6,8-9,12-15,20,23,30H,7,10-11,16-17H2,1-3H3,(H,27,32)(H,28,33). The first-order chi connectivity index (χ1) is 16.1. The number of rotatable bonds is 8. The fourth-order valence-corrected chi connectivity index (χ4v) is 3.75. The highest BCUT2D eigenvalue weighted by Gasteiger charge is 2.38. The molecule has 8 nitrogen and oxygen atoms in total. The molecule has 1 atom stereocenters. The summed E-state index contributed by atoms with van der Waals surface area (Å²) >= 11 is 0. The molecule has 1 unspecified atom stereocenters. The van der Waals surface area contributed by atoms with Gasteiger partial charge in [-0.25, -0.2) is 4.79 Å². The van der Waals surface area contributed by atoms with Crippen molar-refractivity contribution in [1.82, 2.24) is 15.5 Å². The second kappa shape index (κ2) is 11.0. The Labute approximate surface area is 200 Å². The first kappa shape index (κ1) is 25.1. The molecule has 0 heterocycles. The molecule has 2 aromatic rings. The number of hydrogen-bond donors (Lipinski definition) is 3. The van der Waals surface area contributed by atoms with Crippen LogP contribution in [0.5, 0.6) is 5.75 Å². The number of carbonyl (C=O) groups is 3. The fraction of sp³-hybridized carbons (Fsp3) is 0.423. The maximum atomic E-state index is 13.4. The molecule has 0 bridgehead atoms. The SMILES string of the molecule is CC(C)(C)OC(=O)NCC(=O)N(C1CCC1)C(C(=O)NCc1ccccc1)c1ccc(O)cc1. The van der Waals surface area contributed by atoms with Gasteiger partial charge < -0.3 is 25.4 Å². The number of nitrogens with one attached hydrogen (secondary N) is 2. The summed E-state index contributed by atoms with van der Waals surface area (Å²) in [7, 11) is 0. The van der Waals surface area contributed by atoms with Crippen molar-refractivity contribution in [3.05, 3.63) is 65.7 Å². The number of benzene rings is 2. The zero-order valence-corrected chi connectivity index (χ0v) is 19.9. The van der Waals surface area contributed by atoms with Crippen molar-refractivity contribution < 1.29 is 24.2 Å². The summed E-state index contributed by atoms with van der Waals surface area (Å²) in [5, 5.41) is 15.2. The lowest BCUT2D eigenvalue weighted by Crippen LogP contribution is -2.53. The van der Waals surface area contributed by atoms with Crippen LogP contribution < -0.4 is 10.6 Å². The van der Waals surface area contributed by atoms with Gasteiger partial charge in [0.1, 0.15) is 23.9 Å². The molecule has 1 aliphatic carbocycles. The van der Waals surface area contributed by atoms with Gasteiger partial charge in [-0.1, -0.05) is 42.5 Å². The van der Waals surface area contributed by atoms with E-state index in [2.05, 4.69) is 10.6 Å². The van der Waals surface area contributed by atoms with Gasteiger partial charge in [0.25, 0.3) is 0 Å². The number of amides is 3. The van der Waals surface area contributed by atoms with Gasteiger partial charge >= 0.3 is 6.09 Å². The minimum atomic E-state index is -0.900. The molecule has 3 N–H and O–H groups in total. The van der Waals surface area contributed by atoms with E-state index in [1.165, 1.54) is 12.1 Å². The normalized spacial score (nSPS) is 14.4. The summed E-state index contributed by atoms with van der Waals surface area (Å²) in [6, 6.07) is 14.8. The predicted octanol–water partition coefficient (Wildman–Crippen LogP) is 3.66. The Morgan fingerprint density at radius 1 is 1.03 bits per heavy atom. The first-order valence-electron chi connectivity index (χ1n) is 11.5. The average Bonchev–Trinajstić information content (AvgIpc) is 2.75. The van der Waals surface area contributed by atoms with Crippen molar-refractivity contribution in [2.24, 2.45) is 0 Å². The van der Waals surface area contributed by atoms with Crippen LogP contribution in [-0.2, 0) is 20.9 Å². The average molecular weight is 468 g/mol. The van der Waals surface area contributed by atoms with Crippen molar-refractivity contribution in [3.8, 4) is 5.75 Å². The number of nitrogens with zero attached hydrogens (tertiary/aromatic N) is 1. The molecule has 1 fully saturated rings. The molecule has 0 radical (unpaired) electrons. The molecule has 1 aliphatic rings. The summed E-state index contributed by atoms with van der Waals surface area (Å²) in [6.07, 6.45) is 1.82. The van der Waals surface area contributed by atoms with Crippen LogP contribution in [0.15, 0.2) is 54.6 Å². The highest BCUT2D eigenvalue weighted by atomic mass is 16.6. The summed E-state index contributed by atoms with van der Waals surface area (Å²) < 4.78 is 5.23. The Hall–Kier alpha value is -3.55. The van der Waals surface area contributed by atoms with Gasteiger partial charge in [-0.05, 0) is 63.3 Å². The quantitative estimate of drug-likeness (QED) is 0.549. The summed E-state index contributed by atoms with van der Waals surface area (Å²) in [5.41, 5.74) is 0.835. The molecular formula is C26H33N3O5. The van der Waals surface area contributed by atoms with Gasteiger partial charge in [-0.2, -0.15) is 0 Å². The molecule has 1 saturated carbocycles. The number of ether oxygens (including phenoxy) is 1. The van der Waals surface area contributed by atoms with Crippen molar-refractivity contribution >= 4 is 17.9 Å². The van der Waals surface area contributed by atoms with Crippen LogP contribution in [0, 0.1) is 0 Å². The molecular weight excluding hydrogens is 434 g/mol. The van der Waals surface area contributed by atoms with E-state index in [4.69, 9.17) is 4.74 Å². The van der Waals surface area contributed by atoms with E-state index in [0.29, 0.717) is 12.1 Å². The van der Waals surface area contributed by atoms with E-state index in [9.17, 15) is 19.5 Å². The molecule has 34 heavy (non-hydrogen) atoms. The number of phenols is 1. The van der Waals surface area contributed by atoms with E-state index in [1.807, 2.05) is 30.3 Å². The third-order valence-corrected chi connectivity index (χ3v) is 5.58. The highest BCUT2D eigenvalue weighted by molar-refractivity contribution is 5.90. The van der Waals surface area contributed by atoms with Gasteiger partial charge in [0.05, 0.1) is 0 Å². The second-order valence-corrected chi connectivity index (χ2v) is 9.44. The number of phenolic OH excluding ortho intramolecular Hbond substituents is 1. The lowest BCUT2D eigenvalue weighted by atomic mass is 9.88. The number of aromatic hydroxyl groups is 1. The number of carbonyl (C=O) groups excluding carboxylic acids is 3. The third kappa shape index (κ3) is 6.97. The van der Waals surface area contributed by atoms with Crippen LogP contribution in [0.1, 0.15) is 57.2 Å². The van der Waals surface area contributed by atoms with E-state index in [1.54, 1.807) is 37.8 Å². The maximum absolute atomic E-state index is 13.4. The van der Waals surface area contributed by atoms with Crippen LogP contribution >= 0.6 is 0 Å². The Morgan fingerprint density at radius 3 is 2.24 bits per heavy atom. The minimum Gasteiger partial charge on any atom is -0.508 e. The Kier molecular flexibility index (Phi) is 8.15. The lowest BCUT2D eigenvalue weighted by Gasteiger charge is -2.42. The van der Waals surface area contributed by atoms with Gasteiger partial charge in [0, 0.05) is 12.6 Å². The molecule has 182 valence electrons. The van der Waals surface area contributed by atoms with Crippen molar-refractivity contribution in [2.45, 2.75) is 64.3 Å². The molecule has 8 heteroatoms. The summed E-state index contributed by atoms with van der Waals surface area (Å²) in [6.45, 7) is 5.26. The van der Waals surface area contributed by atoms with Crippen LogP contribution in [-0.4, -0.2) is 46.1 Å². The van der Waals surface area contributed by atoms with Crippen LogP contribution in [0.2, 0.25) is 0 Å². The molecule has 0 aromatic heterocycles. The van der Waals surface area contributed by atoms with E-state index >= 15 is 0 Å². The van der Waals surface area contributed by atoms with Gasteiger partial charge in [0.15, 0.2) is 0 Å². The molecule has 0 spiro atoms. The van der Waals surface area contributed by atoms with Gasteiger partial charge in [-0.15, -0.1) is 0 Å². The Morgan fingerprint density at radius 2 is 1.68 bits per heavy atom. The van der Waals surface area contributed by atoms with E-state index in [-0.39, 0.29) is 30.2 Å². The zero-order chi connectivity index (χ0) is 24.7. The molecule has 0 aliphatic heterocycles. The highest BCUT2D eigenvalue weighted by Crippen LogP contribution is 2.33. The van der Waals surface area contributed by atoms with E-state index in [0.717, 1.165) is 24.8 Å². The summed E-state index contributed by atoms with van der Waals surface area (Å²) in [5.74, 6) is -0.629. The second-order valence-electron chi connectivity index (χ2n) is 9.44. The molecule has 2 aromatic carbocycles. The fourth-order valence-electron chi connectivity index (χ4n) is 3.75. The van der Waals surface area contributed by atoms with Gasteiger partial charge in [-0.3, -0.25) is 9.59 Å². The predicted molar refractivity (Wildman–Crippen MR) is 128 cm³/mol. The third-order valence-electron chi connectivity index (χ3n) is 5.58. The van der Waals surface area contributed by atoms with Crippen LogP contribution in [0.4, 0.5) is 4.79 Å². The van der Waals surface area contributed by atoms with Crippen molar-refractivity contribution in [2.75, 3.05) is 6.54 Å². The monoisotopic (exact) mass is 467 g/mol. The number of hydrogen-bond acceptors (Lipinski definition) is 5. The smallest absolute Gasteiger partial charge is 0.408 e. The summed E-state index contributed by atoms with van der Waals surface area (Å²) in [4.78, 5) is 40.4. The van der Waals surface area contributed by atoms with Gasteiger partial charge in [0.2, 0.25) is 11.8 Å². The Balaban J connectivity index is 1.82. The minimum absolute atomic E-state index is 0.0697. The lowest BCUT2D eigenvalue weighted by molar-refractivity contribution is -0.145. The van der Waals surface area contributed by atoms with Crippen molar-refractivity contribution in [1.29, 1.82) is 0 Å². The largest absolute Gasteiger partial charge is 0.508 e. The Bertz CT molecular complexity index is 982. The van der Waals surface area contributed by atoms with Crippen LogP contribution in [0.25, 0.3) is 0 Å².